The molecule has 0 aromatic heterocycles. The number of hydrogen-bond acceptors (Lipinski definition) is 5. The summed E-state index contributed by atoms with van der Waals surface area (Å²) in [5.41, 5.74) is 0. The number of ether oxygens (including phenoxy) is 1. The topological polar surface area (TPSA) is 79.0 Å². The number of amides is 2. The van der Waals surface area contributed by atoms with Crippen LogP contribution in [0.5, 0.6) is 0 Å². The number of nitrogens with zero attached hydrogens (tertiary/aromatic N) is 2. The Balaban J connectivity index is 1.78. The SMILES string of the molecule is COCCN1CCCN(C(=O)NC2CCS(=O)(=O)C2)CC1. The maximum Gasteiger partial charge on any atom is 0.317 e. The number of methoxy groups -OCH3 is 1. The molecule has 2 amide bonds. The summed E-state index contributed by atoms with van der Waals surface area (Å²) >= 11 is 0. The number of carbonyl (C=O) groups excluding carboxylic acids is 1. The van der Waals surface area contributed by atoms with E-state index in [1.165, 1.54) is 0 Å². The van der Waals surface area contributed by atoms with Crippen molar-refractivity contribution in [1.29, 1.82) is 0 Å². The largest absolute Gasteiger partial charge is 0.383 e. The fraction of sp³-hybridized carbons (Fsp3) is 0.923. The normalized spacial score (nSPS) is 26.5. The van der Waals surface area contributed by atoms with Crippen molar-refractivity contribution < 1.29 is 17.9 Å². The fourth-order valence-electron chi connectivity index (χ4n) is 2.79. The number of urea groups is 1. The number of hydrogen-bond donors (Lipinski definition) is 1. The minimum absolute atomic E-state index is 0.0759. The molecular weight excluding hydrogens is 294 g/mol. The van der Waals surface area contributed by atoms with E-state index in [1.54, 1.807) is 12.0 Å². The maximum absolute atomic E-state index is 12.2. The van der Waals surface area contributed by atoms with E-state index in [0.29, 0.717) is 19.6 Å². The van der Waals surface area contributed by atoms with Crippen LogP contribution in [0.3, 0.4) is 0 Å². The lowest BCUT2D eigenvalue weighted by atomic mass is 10.3. The predicted molar refractivity (Wildman–Crippen MR) is 80.1 cm³/mol. The zero-order valence-corrected chi connectivity index (χ0v) is 13.4. The first kappa shape index (κ1) is 16.5. The zero-order chi connectivity index (χ0) is 15.3. The summed E-state index contributed by atoms with van der Waals surface area (Å²) in [4.78, 5) is 16.3. The Bertz CT molecular complexity index is 454. The highest BCUT2D eigenvalue weighted by Crippen LogP contribution is 2.12. The van der Waals surface area contributed by atoms with Gasteiger partial charge in [0.25, 0.3) is 0 Å². The van der Waals surface area contributed by atoms with Gasteiger partial charge in [-0.1, -0.05) is 0 Å². The first-order chi connectivity index (χ1) is 10.00. The molecule has 2 aliphatic heterocycles. The molecule has 0 aliphatic carbocycles. The summed E-state index contributed by atoms with van der Waals surface area (Å²) in [7, 11) is -1.27. The Labute approximate surface area is 126 Å². The van der Waals surface area contributed by atoms with Gasteiger partial charge >= 0.3 is 6.03 Å². The van der Waals surface area contributed by atoms with Crippen molar-refractivity contribution >= 4 is 15.9 Å². The van der Waals surface area contributed by atoms with Crippen molar-refractivity contribution in [3.63, 3.8) is 0 Å². The Morgan fingerprint density at radius 2 is 2.10 bits per heavy atom. The Morgan fingerprint density at radius 3 is 2.76 bits per heavy atom. The van der Waals surface area contributed by atoms with Crippen LogP contribution in [0.15, 0.2) is 0 Å². The van der Waals surface area contributed by atoms with Gasteiger partial charge in [0.1, 0.15) is 0 Å². The molecule has 2 aliphatic rings. The van der Waals surface area contributed by atoms with Crippen molar-refractivity contribution in [3.05, 3.63) is 0 Å². The highest BCUT2D eigenvalue weighted by atomic mass is 32.2. The summed E-state index contributed by atoms with van der Waals surface area (Å²) in [5.74, 6) is 0.259. The maximum atomic E-state index is 12.2. The molecule has 122 valence electrons. The highest BCUT2D eigenvalue weighted by Gasteiger charge is 2.30. The molecule has 2 saturated heterocycles. The van der Waals surface area contributed by atoms with E-state index in [2.05, 4.69) is 10.2 Å². The second-order valence-corrected chi connectivity index (χ2v) is 7.95. The average molecular weight is 319 g/mol. The highest BCUT2D eigenvalue weighted by molar-refractivity contribution is 7.91. The average Bonchev–Trinajstić information content (AvgIpc) is 2.65. The summed E-state index contributed by atoms with van der Waals surface area (Å²) in [6.45, 7) is 4.77. The van der Waals surface area contributed by atoms with Crippen LogP contribution in [-0.4, -0.2) is 88.2 Å². The van der Waals surface area contributed by atoms with Gasteiger partial charge in [-0.2, -0.15) is 0 Å². The summed E-state index contributed by atoms with van der Waals surface area (Å²) in [6.07, 6.45) is 1.46. The van der Waals surface area contributed by atoms with E-state index in [1.807, 2.05) is 0 Å². The summed E-state index contributed by atoms with van der Waals surface area (Å²) in [5, 5.41) is 2.85. The minimum Gasteiger partial charge on any atom is -0.383 e. The molecule has 1 unspecified atom stereocenters. The molecule has 1 atom stereocenters. The van der Waals surface area contributed by atoms with E-state index in [9.17, 15) is 13.2 Å². The van der Waals surface area contributed by atoms with Gasteiger partial charge in [-0.3, -0.25) is 4.90 Å². The van der Waals surface area contributed by atoms with Crippen LogP contribution in [0.2, 0.25) is 0 Å². The van der Waals surface area contributed by atoms with Gasteiger partial charge < -0.3 is 15.0 Å². The van der Waals surface area contributed by atoms with Crippen LogP contribution in [0.4, 0.5) is 4.79 Å². The van der Waals surface area contributed by atoms with Crippen LogP contribution < -0.4 is 5.32 Å². The molecule has 0 radical (unpaired) electrons. The first-order valence-corrected chi connectivity index (χ1v) is 9.29. The smallest absolute Gasteiger partial charge is 0.317 e. The number of carbonyl (C=O) groups is 1. The number of nitrogens with one attached hydrogen (secondary N) is 1. The van der Waals surface area contributed by atoms with E-state index in [-0.39, 0.29) is 23.6 Å². The lowest BCUT2D eigenvalue weighted by Crippen LogP contribution is -2.46. The minimum atomic E-state index is -2.95. The van der Waals surface area contributed by atoms with Crippen molar-refractivity contribution in [2.75, 3.05) is 57.9 Å². The van der Waals surface area contributed by atoms with E-state index < -0.39 is 9.84 Å². The molecule has 0 aromatic rings. The van der Waals surface area contributed by atoms with Crippen molar-refractivity contribution in [3.8, 4) is 0 Å². The third-order valence-electron chi connectivity index (χ3n) is 4.05. The molecule has 0 aromatic carbocycles. The van der Waals surface area contributed by atoms with Crippen LogP contribution in [-0.2, 0) is 14.6 Å². The van der Waals surface area contributed by atoms with E-state index >= 15 is 0 Å². The molecule has 7 nitrogen and oxygen atoms in total. The zero-order valence-electron chi connectivity index (χ0n) is 12.6. The van der Waals surface area contributed by atoms with E-state index in [4.69, 9.17) is 4.74 Å². The second-order valence-electron chi connectivity index (χ2n) is 5.72. The monoisotopic (exact) mass is 319 g/mol. The van der Waals surface area contributed by atoms with Gasteiger partial charge in [-0.25, -0.2) is 13.2 Å². The third-order valence-corrected chi connectivity index (χ3v) is 5.82. The van der Waals surface area contributed by atoms with Crippen LogP contribution >= 0.6 is 0 Å². The van der Waals surface area contributed by atoms with Crippen molar-refractivity contribution in [2.45, 2.75) is 18.9 Å². The molecule has 21 heavy (non-hydrogen) atoms. The summed E-state index contributed by atoms with van der Waals surface area (Å²) < 4.78 is 27.9. The second kappa shape index (κ2) is 7.42. The van der Waals surface area contributed by atoms with Crippen LogP contribution in [0.1, 0.15) is 12.8 Å². The van der Waals surface area contributed by atoms with Gasteiger partial charge in [-0.15, -0.1) is 0 Å². The Kier molecular flexibility index (Phi) is 5.83. The Hall–Kier alpha value is -0.860. The van der Waals surface area contributed by atoms with Crippen molar-refractivity contribution in [1.82, 2.24) is 15.1 Å². The van der Waals surface area contributed by atoms with Crippen molar-refractivity contribution in [2.24, 2.45) is 0 Å². The number of sulfone groups is 1. The molecule has 0 saturated carbocycles. The number of rotatable bonds is 4. The molecule has 1 N–H and O–H groups in total. The quantitative estimate of drug-likeness (QED) is 0.758. The van der Waals surface area contributed by atoms with Gasteiger partial charge in [0, 0.05) is 39.3 Å². The molecule has 2 fully saturated rings. The van der Waals surface area contributed by atoms with Crippen LogP contribution in [0, 0.1) is 0 Å². The molecule has 0 bridgehead atoms. The predicted octanol–water partition coefficient (Wildman–Crippen LogP) is -0.463. The molecule has 2 heterocycles. The molecule has 0 spiro atoms. The summed E-state index contributed by atoms with van der Waals surface area (Å²) in [6, 6.07) is -0.360. The molecular formula is C13H25N3O4S. The Morgan fingerprint density at radius 1 is 1.29 bits per heavy atom. The van der Waals surface area contributed by atoms with Gasteiger partial charge in [-0.05, 0) is 19.4 Å². The van der Waals surface area contributed by atoms with Gasteiger partial charge in [0.15, 0.2) is 9.84 Å². The third kappa shape index (κ3) is 5.12. The fourth-order valence-corrected chi connectivity index (χ4v) is 4.47. The first-order valence-electron chi connectivity index (χ1n) is 7.47. The van der Waals surface area contributed by atoms with E-state index in [0.717, 1.165) is 32.6 Å². The standard InChI is InChI=1S/C13H25N3O4S/c1-20-9-8-15-4-2-5-16(7-6-15)13(17)14-12-3-10-21(18,19)11-12/h12H,2-11H2,1H3,(H,14,17). The van der Waals surface area contributed by atoms with Gasteiger partial charge in [0.2, 0.25) is 0 Å². The molecule has 8 heteroatoms. The lowest BCUT2D eigenvalue weighted by molar-refractivity contribution is 0.149. The van der Waals surface area contributed by atoms with Crippen LogP contribution in [0.25, 0.3) is 0 Å². The van der Waals surface area contributed by atoms with Gasteiger partial charge in [0.05, 0.1) is 18.1 Å². The molecule has 2 rings (SSSR count). The lowest BCUT2D eigenvalue weighted by Gasteiger charge is -2.23.